The molecule has 0 saturated carbocycles. The predicted octanol–water partition coefficient (Wildman–Crippen LogP) is 2.12. The van der Waals surface area contributed by atoms with Gasteiger partial charge in [0.25, 0.3) is 0 Å². The minimum Gasteiger partial charge on any atom is -0.473 e. The van der Waals surface area contributed by atoms with Crippen molar-refractivity contribution in [3.8, 4) is 0 Å². The number of ether oxygens (including phenoxy) is 2. The van der Waals surface area contributed by atoms with Gasteiger partial charge in [-0.15, -0.1) is 0 Å². The molecule has 1 aromatic carbocycles. The number of anilines is 1. The molecule has 0 radical (unpaired) electrons. The summed E-state index contributed by atoms with van der Waals surface area (Å²) in [5, 5.41) is 16.3. The average Bonchev–Trinajstić information content (AvgIpc) is 2.68. The summed E-state index contributed by atoms with van der Waals surface area (Å²) in [6, 6.07) is 5.98. The van der Waals surface area contributed by atoms with Gasteiger partial charge in [-0.3, -0.25) is 15.6 Å². The number of amides is 1. The Labute approximate surface area is 170 Å². The van der Waals surface area contributed by atoms with Crippen LogP contribution in [0.2, 0.25) is 0 Å². The Balaban J connectivity index is 1.75. The van der Waals surface area contributed by atoms with Crippen molar-refractivity contribution in [3.05, 3.63) is 35.4 Å². The van der Waals surface area contributed by atoms with Crippen molar-refractivity contribution in [1.82, 2.24) is 4.90 Å². The zero-order valence-corrected chi connectivity index (χ0v) is 17.3. The molecule has 1 fully saturated rings. The number of aryl methyl sites for hydroxylation is 1. The maximum Gasteiger partial charge on any atom is 0.242 e. The Kier molecular flexibility index (Phi) is 6.12. The fraction of sp³-hybridized carbons (Fsp3) is 0.429. The summed E-state index contributed by atoms with van der Waals surface area (Å²) >= 11 is 0. The molecule has 8 heteroatoms. The molecule has 0 aromatic heterocycles. The molecule has 0 bridgehead atoms. The quantitative estimate of drug-likeness (QED) is 0.812. The molecule has 154 valence electrons. The zero-order valence-electron chi connectivity index (χ0n) is 17.3. The van der Waals surface area contributed by atoms with Gasteiger partial charge < -0.3 is 19.3 Å². The molecule has 2 aliphatic rings. The van der Waals surface area contributed by atoms with Gasteiger partial charge in [0.05, 0.1) is 24.6 Å². The molecular weight excluding hydrogens is 370 g/mol. The van der Waals surface area contributed by atoms with Crippen LogP contribution in [0, 0.1) is 17.7 Å². The van der Waals surface area contributed by atoms with E-state index >= 15 is 0 Å². The van der Waals surface area contributed by atoms with Crippen molar-refractivity contribution >= 4 is 34.6 Å². The second-order valence-corrected chi connectivity index (χ2v) is 7.40. The van der Waals surface area contributed by atoms with Crippen LogP contribution in [0.3, 0.4) is 0 Å². The standard InChI is InChI=1S/C21H27N5O3/c1-13-9-15(5-6-19(13)25(3)4)18-10-17(22)20(23)21(24-18)29-12-16-11-26(14(2)27)7-8-28-16/h5-6,9-10,16,22-23H,7-8,11-12H2,1-4H3/t16-/m0/s1. The lowest BCUT2D eigenvalue weighted by molar-refractivity contribution is -0.137. The minimum atomic E-state index is -0.284. The SMILES string of the molecule is CC(=O)N1CCO[C@H](COC2=NC(c3ccc(N(C)C)c(C)c3)=CC(=N)C2=N)C1. The van der Waals surface area contributed by atoms with Crippen LogP contribution >= 0.6 is 0 Å². The number of aliphatic imine (C=N–C) groups is 1. The first-order chi connectivity index (χ1) is 13.8. The van der Waals surface area contributed by atoms with E-state index in [4.69, 9.17) is 20.3 Å². The number of hydrogen-bond acceptors (Lipinski definition) is 7. The Morgan fingerprint density at radius 3 is 2.79 bits per heavy atom. The zero-order chi connectivity index (χ0) is 21.1. The summed E-state index contributed by atoms with van der Waals surface area (Å²) in [6.07, 6.45) is 1.29. The van der Waals surface area contributed by atoms with Gasteiger partial charge in [-0.25, -0.2) is 4.99 Å². The average molecular weight is 397 g/mol. The van der Waals surface area contributed by atoms with Crippen LogP contribution in [0.5, 0.6) is 0 Å². The Bertz CT molecular complexity index is 904. The molecule has 2 heterocycles. The van der Waals surface area contributed by atoms with Gasteiger partial charge in [0, 0.05) is 38.8 Å². The van der Waals surface area contributed by atoms with E-state index in [2.05, 4.69) is 4.99 Å². The van der Waals surface area contributed by atoms with E-state index < -0.39 is 0 Å². The lowest BCUT2D eigenvalue weighted by Gasteiger charge is -2.32. The fourth-order valence-corrected chi connectivity index (χ4v) is 3.37. The Morgan fingerprint density at radius 1 is 1.38 bits per heavy atom. The number of hydrogen-bond donors (Lipinski definition) is 2. The highest BCUT2D eigenvalue weighted by atomic mass is 16.5. The minimum absolute atomic E-state index is 0.00425. The number of carbonyl (C=O) groups excluding carboxylic acids is 1. The van der Waals surface area contributed by atoms with Crippen molar-refractivity contribution in [2.24, 2.45) is 4.99 Å². The number of allylic oxidation sites excluding steroid dienone is 1. The monoisotopic (exact) mass is 397 g/mol. The van der Waals surface area contributed by atoms with Gasteiger partial charge in [0.1, 0.15) is 18.4 Å². The van der Waals surface area contributed by atoms with E-state index in [-0.39, 0.29) is 35.9 Å². The molecule has 2 N–H and O–H groups in total. The summed E-state index contributed by atoms with van der Waals surface area (Å²) in [5.41, 5.74) is 3.65. The van der Waals surface area contributed by atoms with Crippen molar-refractivity contribution in [3.63, 3.8) is 0 Å². The lowest BCUT2D eigenvalue weighted by atomic mass is 10.0. The first-order valence-corrected chi connectivity index (χ1v) is 9.52. The first-order valence-electron chi connectivity index (χ1n) is 9.52. The number of rotatable bonds is 4. The third kappa shape index (κ3) is 4.71. The van der Waals surface area contributed by atoms with Crippen LogP contribution in [0.25, 0.3) is 5.70 Å². The lowest BCUT2D eigenvalue weighted by Crippen LogP contribution is -2.47. The topological polar surface area (TPSA) is 102 Å². The highest BCUT2D eigenvalue weighted by molar-refractivity contribution is 6.69. The molecule has 0 unspecified atom stereocenters. The molecule has 3 rings (SSSR count). The number of morpholine rings is 1. The van der Waals surface area contributed by atoms with E-state index in [0.29, 0.717) is 25.4 Å². The van der Waals surface area contributed by atoms with Gasteiger partial charge in [0.2, 0.25) is 11.8 Å². The normalized spacial score (nSPS) is 19.6. The van der Waals surface area contributed by atoms with E-state index in [1.807, 2.05) is 44.1 Å². The van der Waals surface area contributed by atoms with Crippen molar-refractivity contribution in [2.75, 3.05) is 45.3 Å². The molecule has 1 saturated heterocycles. The van der Waals surface area contributed by atoms with Gasteiger partial charge in [-0.2, -0.15) is 0 Å². The molecular formula is C21H27N5O3. The molecule has 8 nitrogen and oxygen atoms in total. The van der Waals surface area contributed by atoms with E-state index in [9.17, 15) is 4.79 Å². The van der Waals surface area contributed by atoms with E-state index in [1.165, 1.54) is 6.92 Å². The maximum absolute atomic E-state index is 11.6. The largest absolute Gasteiger partial charge is 0.473 e. The second-order valence-electron chi connectivity index (χ2n) is 7.40. The van der Waals surface area contributed by atoms with Crippen LogP contribution in [0.1, 0.15) is 18.1 Å². The predicted molar refractivity (Wildman–Crippen MR) is 114 cm³/mol. The van der Waals surface area contributed by atoms with Gasteiger partial charge in [0.15, 0.2) is 0 Å². The number of nitrogens with zero attached hydrogens (tertiary/aromatic N) is 3. The highest BCUT2D eigenvalue weighted by Gasteiger charge is 2.26. The maximum atomic E-state index is 11.6. The molecule has 1 atom stereocenters. The number of carbonyl (C=O) groups is 1. The molecule has 1 amide bonds. The summed E-state index contributed by atoms with van der Waals surface area (Å²) < 4.78 is 11.4. The van der Waals surface area contributed by atoms with Gasteiger partial charge in [-0.05, 0) is 30.7 Å². The number of nitrogens with one attached hydrogen (secondary N) is 2. The van der Waals surface area contributed by atoms with Crippen molar-refractivity contribution in [2.45, 2.75) is 20.0 Å². The summed E-state index contributed by atoms with van der Waals surface area (Å²) in [6.45, 7) is 5.20. The Morgan fingerprint density at radius 2 is 2.14 bits per heavy atom. The summed E-state index contributed by atoms with van der Waals surface area (Å²) in [5.74, 6) is 0.106. The molecule has 2 aliphatic heterocycles. The van der Waals surface area contributed by atoms with Gasteiger partial charge >= 0.3 is 0 Å². The molecule has 0 spiro atoms. The first kappa shape index (κ1) is 20.7. The van der Waals surface area contributed by atoms with Crippen molar-refractivity contribution in [1.29, 1.82) is 10.8 Å². The van der Waals surface area contributed by atoms with Gasteiger partial charge in [-0.1, -0.05) is 6.07 Å². The van der Waals surface area contributed by atoms with Crippen LogP contribution < -0.4 is 4.90 Å². The second kappa shape index (κ2) is 8.57. The highest BCUT2D eigenvalue weighted by Crippen LogP contribution is 2.26. The third-order valence-electron chi connectivity index (χ3n) is 4.95. The van der Waals surface area contributed by atoms with Crippen LogP contribution in [-0.4, -0.2) is 74.6 Å². The number of benzene rings is 1. The van der Waals surface area contributed by atoms with Crippen LogP contribution in [-0.2, 0) is 14.3 Å². The third-order valence-corrected chi connectivity index (χ3v) is 4.95. The summed E-state index contributed by atoms with van der Waals surface area (Å²) in [7, 11) is 3.98. The fourth-order valence-electron chi connectivity index (χ4n) is 3.37. The molecule has 0 aliphatic carbocycles. The van der Waals surface area contributed by atoms with Crippen LogP contribution in [0.4, 0.5) is 5.69 Å². The van der Waals surface area contributed by atoms with Crippen LogP contribution in [0.15, 0.2) is 29.3 Å². The Hall–Kier alpha value is -3.00. The van der Waals surface area contributed by atoms with E-state index in [0.717, 1.165) is 16.8 Å². The van der Waals surface area contributed by atoms with E-state index in [1.54, 1.807) is 11.0 Å². The molecule has 1 aromatic rings. The summed E-state index contributed by atoms with van der Waals surface area (Å²) in [4.78, 5) is 19.8. The molecule has 29 heavy (non-hydrogen) atoms. The smallest absolute Gasteiger partial charge is 0.242 e. The van der Waals surface area contributed by atoms with Crippen molar-refractivity contribution < 1.29 is 14.3 Å².